The van der Waals surface area contributed by atoms with E-state index in [2.05, 4.69) is 10.4 Å². The lowest BCUT2D eigenvalue weighted by Gasteiger charge is -2.22. The number of amides is 1. The van der Waals surface area contributed by atoms with Gasteiger partial charge in [-0.2, -0.15) is 0 Å². The van der Waals surface area contributed by atoms with Crippen LogP contribution in [0.5, 0.6) is 5.75 Å². The number of nitrogens with zero attached hydrogens (tertiary/aromatic N) is 1. The molecular weight excluding hydrogens is 206 g/mol. The van der Waals surface area contributed by atoms with Crippen molar-refractivity contribution in [1.29, 1.82) is 0 Å². The van der Waals surface area contributed by atoms with Crippen LogP contribution in [-0.2, 0) is 4.79 Å². The van der Waals surface area contributed by atoms with E-state index in [1.807, 2.05) is 19.1 Å². The van der Waals surface area contributed by atoms with E-state index in [9.17, 15) is 4.79 Å². The van der Waals surface area contributed by atoms with Gasteiger partial charge in [0.15, 0.2) is 0 Å². The molecule has 1 rings (SSSR count). The van der Waals surface area contributed by atoms with E-state index in [0.717, 1.165) is 5.69 Å². The largest absolute Gasteiger partial charge is 0.491 e. The van der Waals surface area contributed by atoms with Gasteiger partial charge < -0.3 is 4.74 Å². The molecule has 0 aliphatic carbocycles. The Hall–Kier alpha value is -1.62. The summed E-state index contributed by atoms with van der Waals surface area (Å²) in [7, 11) is 0. The molecule has 0 aliphatic rings. The van der Waals surface area contributed by atoms with Crippen LogP contribution in [0, 0.1) is 12.3 Å². The number of ether oxygens (including phenoxy) is 1. The third-order valence-corrected chi connectivity index (χ3v) is 2.23. The molecule has 0 saturated carbocycles. The molecule has 5 heteroatoms. The molecule has 1 heterocycles. The summed E-state index contributed by atoms with van der Waals surface area (Å²) >= 11 is 0. The first-order chi connectivity index (χ1) is 7.45. The summed E-state index contributed by atoms with van der Waals surface area (Å²) in [5.41, 5.74) is 2.37. The smallest absolute Gasteiger partial charge is 0.242 e. The molecule has 0 saturated heterocycles. The van der Waals surface area contributed by atoms with E-state index in [4.69, 9.17) is 10.6 Å². The first kappa shape index (κ1) is 12.4. The van der Waals surface area contributed by atoms with Gasteiger partial charge in [-0.15, -0.1) is 0 Å². The number of hydrogen-bond acceptors (Lipinski definition) is 4. The third kappa shape index (κ3) is 3.20. The fourth-order valence-corrected chi connectivity index (χ4v) is 1.06. The number of hydrogen-bond donors (Lipinski definition) is 2. The highest BCUT2D eigenvalue weighted by Crippen LogP contribution is 2.18. The summed E-state index contributed by atoms with van der Waals surface area (Å²) in [6.45, 7) is 5.67. The zero-order valence-electron chi connectivity index (χ0n) is 9.78. The molecular formula is C11H17N3O2. The van der Waals surface area contributed by atoms with E-state index in [-0.39, 0.29) is 12.5 Å². The van der Waals surface area contributed by atoms with Crippen LogP contribution >= 0.6 is 0 Å². The summed E-state index contributed by atoms with van der Waals surface area (Å²) in [5.74, 6) is 5.46. The van der Waals surface area contributed by atoms with Crippen molar-refractivity contribution in [2.75, 3.05) is 6.61 Å². The minimum Gasteiger partial charge on any atom is -0.491 e. The van der Waals surface area contributed by atoms with Crippen molar-refractivity contribution in [1.82, 2.24) is 10.4 Å². The second-order valence-corrected chi connectivity index (χ2v) is 4.28. The number of nitrogens with two attached hydrogens (primary N) is 1. The second-order valence-electron chi connectivity index (χ2n) is 4.28. The first-order valence-electron chi connectivity index (χ1n) is 5.02. The standard InChI is InChI=1S/C11H17N3O2/c1-8-4-5-9(6-13-8)16-7-11(2,3)10(15)14-12/h4-6H,7,12H2,1-3H3,(H,14,15). The predicted octanol–water partition coefficient (Wildman–Crippen LogP) is 0.785. The van der Waals surface area contributed by atoms with Crippen molar-refractivity contribution in [3.8, 4) is 5.75 Å². The zero-order valence-corrected chi connectivity index (χ0v) is 9.78. The number of carbonyl (C=O) groups is 1. The predicted molar refractivity (Wildman–Crippen MR) is 60.6 cm³/mol. The Morgan fingerprint density at radius 1 is 1.56 bits per heavy atom. The molecule has 0 aromatic carbocycles. The van der Waals surface area contributed by atoms with Crippen molar-refractivity contribution in [3.05, 3.63) is 24.0 Å². The normalized spacial score (nSPS) is 11.0. The van der Waals surface area contributed by atoms with Gasteiger partial charge in [0.25, 0.3) is 0 Å². The highest BCUT2D eigenvalue weighted by atomic mass is 16.5. The highest BCUT2D eigenvalue weighted by molar-refractivity contribution is 5.81. The molecule has 0 unspecified atom stereocenters. The van der Waals surface area contributed by atoms with Crippen molar-refractivity contribution in [2.45, 2.75) is 20.8 Å². The number of aromatic nitrogens is 1. The minimum absolute atomic E-state index is 0.251. The van der Waals surface area contributed by atoms with Crippen molar-refractivity contribution < 1.29 is 9.53 Å². The SMILES string of the molecule is Cc1ccc(OCC(C)(C)C(=O)NN)cn1. The van der Waals surface area contributed by atoms with Crippen LogP contribution in [-0.4, -0.2) is 17.5 Å². The van der Waals surface area contributed by atoms with Crippen LogP contribution in [0.3, 0.4) is 0 Å². The summed E-state index contributed by atoms with van der Waals surface area (Å²) < 4.78 is 5.47. The van der Waals surface area contributed by atoms with E-state index in [1.54, 1.807) is 20.0 Å². The Bertz CT molecular complexity index is 360. The van der Waals surface area contributed by atoms with Crippen LogP contribution < -0.4 is 16.0 Å². The average molecular weight is 223 g/mol. The number of rotatable bonds is 4. The van der Waals surface area contributed by atoms with Crippen molar-refractivity contribution in [2.24, 2.45) is 11.3 Å². The van der Waals surface area contributed by atoms with E-state index < -0.39 is 5.41 Å². The number of aryl methyl sites for hydroxylation is 1. The number of pyridine rings is 1. The van der Waals surface area contributed by atoms with E-state index in [0.29, 0.717) is 5.75 Å². The highest BCUT2D eigenvalue weighted by Gasteiger charge is 2.27. The Morgan fingerprint density at radius 2 is 2.25 bits per heavy atom. The lowest BCUT2D eigenvalue weighted by atomic mass is 9.94. The molecule has 16 heavy (non-hydrogen) atoms. The van der Waals surface area contributed by atoms with Crippen LogP contribution in [0.1, 0.15) is 19.5 Å². The van der Waals surface area contributed by atoms with Gasteiger partial charge in [0.05, 0.1) is 11.6 Å². The summed E-state index contributed by atoms with van der Waals surface area (Å²) in [6, 6.07) is 3.67. The van der Waals surface area contributed by atoms with Gasteiger partial charge >= 0.3 is 0 Å². The monoisotopic (exact) mass is 223 g/mol. The van der Waals surface area contributed by atoms with Crippen molar-refractivity contribution >= 4 is 5.91 Å². The summed E-state index contributed by atoms with van der Waals surface area (Å²) in [6.07, 6.45) is 1.63. The molecule has 0 spiro atoms. The number of hydrazine groups is 1. The van der Waals surface area contributed by atoms with Crippen LogP contribution in [0.4, 0.5) is 0 Å². The Kier molecular flexibility index (Phi) is 3.84. The Balaban J connectivity index is 2.57. The first-order valence-corrected chi connectivity index (χ1v) is 5.02. The molecule has 0 bridgehead atoms. The van der Waals surface area contributed by atoms with Gasteiger partial charge in [-0.25, -0.2) is 5.84 Å². The molecule has 1 aromatic heterocycles. The summed E-state index contributed by atoms with van der Waals surface area (Å²) in [5, 5.41) is 0. The second kappa shape index (κ2) is 4.94. The molecule has 0 fully saturated rings. The van der Waals surface area contributed by atoms with Gasteiger partial charge in [0.2, 0.25) is 5.91 Å². The minimum atomic E-state index is -0.667. The molecule has 1 aromatic rings. The zero-order chi connectivity index (χ0) is 12.2. The van der Waals surface area contributed by atoms with E-state index in [1.165, 1.54) is 0 Å². The maximum Gasteiger partial charge on any atom is 0.242 e. The van der Waals surface area contributed by atoms with Gasteiger partial charge in [0.1, 0.15) is 12.4 Å². The quantitative estimate of drug-likeness (QED) is 0.449. The third-order valence-electron chi connectivity index (χ3n) is 2.23. The fraction of sp³-hybridized carbons (Fsp3) is 0.455. The topological polar surface area (TPSA) is 77.2 Å². The molecule has 0 aliphatic heterocycles. The molecule has 5 nitrogen and oxygen atoms in total. The lowest BCUT2D eigenvalue weighted by molar-refractivity contribution is -0.130. The molecule has 0 atom stereocenters. The average Bonchev–Trinajstić information content (AvgIpc) is 2.27. The van der Waals surface area contributed by atoms with Crippen LogP contribution in [0.2, 0.25) is 0 Å². The number of carbonyl (C=O) groups excluding carboxylic acids is 1. The van der Waals surface area contributed by atoms with Gasteiger partial charge in [-0.1, -0.05) is 0 Å². The van der Waals surface area contributed by atoms with E-state index >= 15 is 0 Å². The van der Waals surface area contributed by atoms with Crippen LogP contribution in [0.25, 0.3) is 0 Å². The molecule has 3 N–H and O–H groups in total. The molecule has 88 valence electrons. The maximum absolute atomic E-state index is 11.4. The van der Waals surface area contributed by atoms with Crippen LogP contribution in [0.15, 0.2) is 18.3 Å². The maximum atomic E-state index is 11.4. The Labute approximate surface area is 95.0 Å². The van der Waals surface area contributed by atoms with Gasteiger partial charge in [-0.05, 0) is 32.9 Å². The van der Waals surface area contributed by atoms with Crippen molar-refractivity contribution in [3.63, 3.8) is 0 Å². The molecule has 0 radical (unpaired) electrons. The summed E-state index contributed by atoms with van der Waals surface area (Å²) in [4.78, 5) is 15.5. The fourth-order valence-electron chi connectivity index (χ4n) is 1.06. The number of nitrogens with one attached hydrogen (secondary N) is 1. The van der Waals surface area contributed by atoms with Gasteiger partial charge in [-0.3, -0.25) is 15.2 Å². The lowest BCUT2D eigenvalue weighted by Crippen LogP contribution is -2.44. The van der Waals surface area contributed by atoms with Gasteiger partial charge in [0, 0.05) is 5.69 Å². The Morgan fingerprint density at radius 3 is 2.75 bits per heavy atom. The molecule has 1 amide bonds.